The molecule has 3 aliphatic rings. The molecule has 7 rings (SSSR count). The zero-order valence-corrected chi connectivity index (χ0v) is 33.9. The molecule has 4 aromatic rings. The Balaban J connectivity index is 1.02. The fourth-order valence-corrected chi connectivity index (χ4v) is 9.18. The van der Waals surface area contributed by atoms with Crippen molar-refractivity contribution in [1.82, 2.24) is 14.8 Å². The van der Waals surface area contributed by atoms with Crippen molar-refractivity contribution < 1.29 is 24.1 Å². The van der Waals surface area contributed by atoms with Crippen molar-refractivity contribution in [3.63, 3.8) is 0 Å². The Kier molecular flexibility index (Phi) is 13.0. The molecule has 1 atom stereocenters. The second-order valence-electron chi connectivity index (χ2n) is 16.2. The lowest BCUT2D eigenvalue weighted by atomic mass is 9.61. The third-order valence-corrected chi connectivity index (χ3v) is 12.6. The van der Waals surface area contributed by atoms with Crippen molar-refractivity contribution in [2.75, 3.05) is 32.8 Å². The molecule has 3 aromatic carbocycles. The van der Waals surface area contributed by atoms with Crippen LogP contribution in [0.3, 0.4) is 0 Å². The summed E-state index contributed by atoms with van der Waals surface area (Å²) in [7, 11) is 0. The van der Waals surface area contributed by atoms with Crippen LogP contribution in [0.5, 0.6) is 17.2 Å². The van der Waals surface area contributed by atoms with Crippen LogP contribution in [0, 0.1) is 30.6 Å². The summed E-state index contributed by atoms with van der Waals surface area (Å²) < 4.78 is 19.1. The second kappa shape index (κ2) is 18.3. The van der Waals surface area contributed by atoms with Crippen LogP contribution in [0.2, 0.25) is 5.02 Å². The SMILES string of the molecule is Cc1c(COc2cc(OCc3cncc(C#N)c3)c(CN3CCCC[C@H]3C(=O)O)cc2Cl)cccc1-c1cccc(OCCCN2CCC3(CC2)CC(N)C3)c1C. The van der Waals surface area contributed by atoms with E-state index in [4.69, 9.17) is 31.5 Å². The predicted molar refractivity (Wildman–Crippen MR) is 222 cm³/mol. The molecule has 3 heterocycles. The number of hydrogen-bond acceptors (Lipinski definition) is 9. The molecule has 3 N–H and O–H groups in total. The third-order valence-electron chi connectivity index (χ3n) is 12.3. The lowest BCUT2D eigenvalue weighted by Gasteiger charge is -2.51. The van der Waals surface area contributed by atoms with Crippen LogP contribution in [0.1, 0.15) is 84.7 Å². The van der Waals surface area contributed by atoms with Gasteiger partial charge in [-0.1, -0.05) is 48.4 Å². The van der Waals surface area contributed by atoms with E-state index in [1.165, 1.54) is 31.9 Å². The minimum absolute atomic E-state index is 0.164. The average Bonchev–Trinajstić information content (AvgIpc) is 3.20. The smallest absolute Gasteiger partial charge is 0.320 e. The topological polar surface area (TPSA) is 134 Å². The minimum Gasteiger partial charge on any atom is -0.493 e. The highest BCUT2D eigenvalue weighted by molar-refractivity contribution is 6.32. The number of benzene rings is 3. The second-order valence-corrected chi connectivity index (χ2v) is 16.6. The van der Waals surface area contributed by atoms with E-state index in [2.05, 4.69) is 60.1 Å². The van der Waals surface area contributed by atoms with Gasteiger partial charge in [0.2, 0.25) is 0 Å². The number of carboxylic acid groups (broad SMARTS) is 1. The summed E-state index contributed by atoms with van der Waals surface area (Å²) >= 11 is 6.88. The molecule has 2 saturated heterocycles. The Bertz CT molecular complexity index is 2090. The van der Waals surface area contributed by atoms with Gasteiger partial charge >= 0.3 is 5.97 Å². The first kappa shape index (κ1) is 40.5. The normalized spacial score (nSPS) is 18.5. The zero-order chi connectivity index (χ0) is 39.9. The molecule has 1 aliphatic carbocycles. The zero-order valence-electron chi connectivity index (χ0n) is 33.1. The highest BCUT2D eigenvalue weighted by atomic mass is 35.5. The minimum atomic E-state index is -0.828. The third kappa shape index (κ3) is 9.73. The number of carboxylic acids is 1. The quantitative estimate of drug-likeness (QED) is 0.113. The highest BCUT2D eigenvalue weighted by Crippen LogP contribution is 2.48. The molecule has 0 bridgehead atoms. The lowest BCUT2D eigenvalue weighted by Crippen LogP contribution is -2.52. The molecule has 10 nitrogen and oxygen atoms in total. The monoisotopic (exact) mass is 791 g/mol. The Morgan fingerprint density at radius 3 is 2.44 bits per heavy atom. The maximum absolute atomic E-state index is 12.1. The molecule has 1 aromatic heterocycles. The van der Waals surface area contributed by atoms with Gasteiger partial charge in [0.1, 0.15) is 42.6 Å². The number of carbonyl (C=O) groups is 1. The maximum atomic E-state index is 12.1. The van der Waals surface area contributed by atoms with Gasteiger partial charge < -0.3 is 30.0 Å². The lowest BCUT2D eigenvalue weighted by molar-refractivity contribution is -0.144. The van der Waals surface area contributed by atoms with E-state index >= 15 is 0 Å². The number of nitrogens with zero attached hydrogens (tertiary/aromatic N) is 4. The van der Waals surface area contributed by atoms with Crippen LogP contribution >= 0.6 is 11.6 Å². The molecule has 3 fully saturated rings. The van der Waals surface area contributed by atoms with Crippen molar-refractivity contribution in [3.8, 4) is 34.4 Å². The fourth-order valence-electron chi connectivity index (χ4n) is 8.94. The first-order valence-corrected chi connectivity index (χ1v) is 20.7. The molecule has 1 saturated carbocycles. The van der Waals surface area contributed by atoms with E-state index in [0.717, 1.165) is 83.6 Å². The number of halogens is 1. The van der Waals surface area contributed by atoms with Gasteiger partial charge in [-0.15, -0.1) is 0 Å². The number of pyridine rings is 1. The molecule has 57 heavy (non-hydrogen) atoms. The van der Waals surface area contributed by atoms with E-state index in [0.29, 0.717) is 59.7 Å². The fraction of sp³-hybridized carbons (Fsp3) is 0.457. The van der Waals surface area contributed by atoms with Crippen molar-refractivity contribution in [1.29, 1.82) is 5.26 Å². The van der Waals surface area contributed by atoms with Crippen molar-refractivity contribution in [2.24, 2.45) is 11.1 Å². The summed E-state index contributed by atoms with van der Waals surface area (Å²) in [6, 6.07) is 19.8. The summed E-state index contributed by atoms with van der Waals surface area (Å²) in [6.07, 6.45) is 11.5. The standard InChI is InChI=1S/C46H54ClN5O5/c1-31-35(8-5-9-38(31)39-10-6-12-42(32(39)2)55-19-7-15-51-17-13-46(14-18-51)23-37(49)24-46)30-57-44-22-43(56-29-34-20-33(25-48)26-50-27-34)36(21-40(44)47)28-52-16-4-3-11-41(52)45(53)54/h5-6,8-10,12,20-22,26-27,37,41H,3-4,7,11,13-19,23-24,28-30,49H2,1-2H3,(H,53,54)/t41-/m0/s1. The molecule has 300 valence electrons. The summed E-state index contributed by atoms with van der Waals surface area (Å²) in [6.45, 7) is 9.77. The molecule has 0 radical (unpaired) electrons. The van der Waals surface area contributed by atoms with Gasteiger partial charge in [-0.05, 0) is 130 Å². The summed E-state index contributed by atoms with van der Waals surface area (Å²) in [5.74, 6) is 1.07. The van der Waals surface area contributed by atoms with Crippen LogP contribution in [-0.2, 0) is 24.6 Å². The van der Waals surface area contributed by atoms with Crippen molar-refractivity contribution in [2.45, 2.75) is 97.1 Å². The van der Waals surface area contributed by atoms with Gasteiger partial charge in [-0.25, -0.2) is 0 Å². The molecule has 1 spiro atoms. The number of nitrogens with two attached hydrogens (primary N) is 1. The Hall–Kier alpha value is -4.66. The van der Waals surface area contributed by atoms with E-state index in [-0.39, 0.29) is 13.2 Å². The van der Waals surface area contributed by atoms with Crippen LogP contribution < -0.4 is 19.9 Å². The predicted octanol–water partition coefficient (Wildman–Crippen LogP) is 8.46. The first-order chi connectivity index (χ1) is 27.6. The number of hydrogen-bond donors (Lipinski definition) is 2. The summed E-state index contributed by atoms with van der Waals surface area (Å²) in [4.78, 5) is 20.8. The molecule has 11 heteroatoms. The van der Waals surface area contributed by atoms with Gasteiger partial charge in [-0.3, -0.25) is 14.7 Å². The number of aliphatic carboxylic acids is 1. The molecule has 2 aliphatic heterocycles. The Morgan fingerprint density at radius 1 is 0.930 bits per heavy atom. The molecule has 0 amide bonds. The van der Waals surface area contributed by atoms with E-state index in [1.807, 2.05) is 17.0 Å². The highest BCUT2D eigenvalue weighted by Gasteiger charge is 2.44. The molecular weight excluding hydrogens is 738 g/mol. The Morgan fingerprint density at radius 2 is 1.68 bits per heavy atom. The molecule has 0 unspecified atom stereocenters. The van der Waals surface area contributed by atoms with E-state index in [1.54, 1.807) is 18.3 Å². The van der Waals surface area contributed by atoms with Gasteiger partial charge in [0.05, 0.1) is 17.2 Å². The van der Waals surface area contributed by atoms with Crippen LogP contribution in [0.25, 0.3) is 11.1 Å². The largest absolute Gasteiger partial charge is 0.493 e. The maximum Gasteiger partial charge on any atom is 0.320 e. The van der Waals surface area contributed by atoms with Crippen LogP contribution in [0.15, 0.2) is 67.0 Å². The van der Waals surface area contributed by atoms with Gasteiger partial charge in [0.15, 0.2) is 0 Å². The number of ether oxygens (including phenoxy) is 3. The molecular formula is C46H54ClN5O5. The summed E-state index contributed by atoms with van der Waals surface area (Å²) in [5.41, 5.74) is 14.0. The van der Waals surface area contributed by atoms with Gasteiger partial charge in [-0.2, -0.15) is 5.26 Å². The Labute approximate surface area is 341 Å². The van der Waals surface area contributed by atoms with E-state index < -0.39 is 12.0 Å². The van der Waals surface area contributed by atoms with Crippen LogP contribution in [-0.4, -0.2) is 70.7 Å². The summed E-state index contributed by atoms with van der Waals surface area (Å²) in [5, 5.41) is 19.7. The van der Waals surface area contributed by atoms with Gasteiger partial charge in [0, 0.05) is 48.7 Å². The van der Waals surface area contributed by atoms with Gasteiger partial charge in [0.25, 0.3) is 0 Å². The number of rotatable bonds is 15. The first-order valence-electron chi connectivity index (χ1n) is 20.3. The average molecular weight is 792 g/mol. The number of nitriles is 1. The van der Waals surface area contributed by atoms with Crippen molar-refractivity contribution in [3.05, 3.63) is 105 Å². The van der Waals surface area contributed by atoms with Crippen LogP contribution in [0.4, 0.5) is 0 Å². The number of aromatic nitrogens is 1. The van der Waals surface area contributed by atoms with Crippen molar-refractivity contribution >= 4 is 17.6 Å². The van der Waals surface area contributed by atoms with E-state index in [9.17, 15) is 15.2 Å². The number of piperidine rings is 2. The number of likely N-dealkylation sites (tertiary alicyclic amines) is 2.